The quantitative estimate of drug-likeness (QED) is 0.868. The molecule has 1 unspecified atom stereocenters. The van der Waals surface area contributed by atoms with Gasteiger partial charge in [-0.05, 0) is 38.2 Å². The van der Waals surface area contributed by atoms with E-state index in [1.807, 2.05) is 10.9 Å². The number of nitrogens with one attached hydrogen (secondary N) is 1. The van der Waals surface area contributed by atoms with E-state index in [2.05, 4.69) is 20.7 Å². The van der Waals surface area contributed by atoms with E-state index in [0.29, 0.717) is 12.6 Å². The van der Waals surface area contributed by atoms with Gasteiger partial charge in [0.1, 0.15) is 0 Å². The average molecular weight is 316 g/mol. The zero-order valence-electron chi connectivity index (χ0n) is 12.9. The highest BCUT2D eigenvalue weighted by Gasteiger charge is 2.25. The molecule has 8 heteroatoms. The fourth-order valence-electron chi connectivity index (χ4n) is 3.25. The first-order chi connectivity index (χ1) is 11.2. The predicted molar refractivity (Wildman–Crippen MR) is 80.9 cm³/mol. The van der Waals surface area contributed by atoms with Crippen molar-refractivity contribution in [2.75, 3.05) is 0 Å². The second-order valence-corrected chi connectivity index (χ2v) is 6.33. The first kappa shape index (κ1) is 14.4. The molecule has 2 N–H and O–H groups in total. The fraction of sp³-hybridized carbons (Fsp3) is 0.600. The second kappa shape index (κ2) is 5.77. The number of rotatable bonds is 5. The van der Waals surface area contributed by atoms with Crippen molar-refractivity contribution in [1.29, 1.82) is 0 Å². The molecule has 1 atom stereocenters. The van der Waals surface area contributed by atoms with Crippen LogP contribution in [0.1, 0.15) is 66.1 Å². The van der Waals surface area contributed by atoms with Crippen LogP contribution in [0, 0.1) is 0 Å². The molecule has 1 aliphatic carbocycles. The number of hydrogen-bond donors (Lipinski definition) is 2. The summed E-state index contributed by atoms with van der Waals surface area (Å²) in [5.74, 6) is -0.978. The van der Waals surface area contributed by atoms with Gasteiger partial charge < -0.3 is 10.4 Å². The van der Waals surface area contributed by atoms with Crippen LogP contribution >= 0.6 is 0 Å². The van der Waals surface area contributed by atoms with E-state index in [1.165, 1.54) is 19.3 Å². The number of carbonyl (C=O) groups is 1. The van der Waals surface area contributed by atoms with Crippen LogP contribution in [0.3, 0.4) is 0 Å². The largest absolute Gasteiger partial charge is 0.476 e. The first-order valence-corrected chi connectivity index (χ1v) is 8.16. The molecule has 2 aromatic heterocycles. The maximum Gasteiger partial charge on any atom is 0.356 e. The van der Waals surface area contributed by atoms with Gasteiger partial charge in [0.15, 0.2) is 5.69 Å². The van der Waals surface area contributed by atoms with Crippen molar-refractivity contribution in [3.8, 4) is 0 Å². The van der Waals surface area contributed by atoms with Crippen LogP contribution in [0.2, 0.25) is 0 Å². The molecule has 4 rings (SSSR count). The molecular formula is C15H20N6O2. The second-order valence-electron chi connectivity index (χ2n) is 6.33. The van der Waals surface area contributed by atoms with Crippen molar-refractivity contribution < 1.29 is 9.90 Å². The molecule has 3 heterocycles. The molecule has 0 saturated heterocycles. The van der Waals surface area contributed by atoms with Crippen molar-refractivity contribution in [3.63, 3.8) is 0 Å². The SMILES string of the molecule is O=C(O)c1cc2n(n1)CCCC2NCc1cn(C2CCC2)nn1. The minimum Gasteiger partial charge on any atom is -0.476 e. The van der Waals surface area contributed by atoms with Gasteiger partial charge in [-0.3, -0.25) is 4.68 Å². The molecule has 0 spiro atoms. The van der Waals surface area contributed by atoms with Gasteiger partial charge in [0.25, 0.3) is 0 Å². The van der Waals surface area contributed by atoms with E-state index in [4.69, 9.17) is 5.11 Å². The molecular weight excluding hydrogens is 296 g/mol. The fourth-order valence-corrected chi connectivity index (χ4v) is 3.25. The summed E-state index contributed by atoms with van der Waals surface area (Å²) < 4.78 is 3.77. The molecule has 23 heavy (non-hydrogen) atoms. The summed E-state index contributed by atoms with van der Waals surface area (Å²) >= 11 is 0. The summed E-state index contributed by atoms with van der Waals surface area (Å²) in [5.41, 5.74) is 1.98. The Morgan fingerprint density at radius 3 is 2.96 bits per heavy atom. The Morgan fingerprint density at radius 1 is 1.35 bits per heavy atom. The van der Waals surface area contributed by atoms with Gasteiger partial charge in [0.2, 0.25) is 0 Å². The lowest BCUT2D eigenvalue weighted by Gasteiger charge is -2.25. The molecule has 2 aliphatic rings. The number of carboxylic acids is 1. The highest BCUT2D eigenvalue weighted by molar-refractivity contribution is 5.85. The van der Waals surface area contributed by atoms with E-state index in [-0.39, 0.29) is 11.7 Å². The van der Waals surface area contributed by atoms with Crippen LogP contribution < -0.4 is 5.32 Å². The van der Waals surface area contributed by atoms with Crippen LogP contribution in [0.5, 0.6) is 0 Å². The molecule has 1 fully saturated rings. The Morgan fingerprint density at radius 2 is 2.22 bits per heavy atom. The Bertz CT molecular complexity index is 717. The molecule has 0 amide bonds. The zero-order valence-corrected chi connectivity index (χ0v) is 12.9. The number of carboxylic acid groups (broad SMARTS) is 1. The molecule has 1 saturated carbocycles. The molecule has 0 bridgehead atoms. The third-order valence-corrected chi connectivity index (χ3v) is 4.79. The number of aromatic nitrogens is 5. The topological polar surface area (TPSA) is 97.9 Å². The maximum absolute atomic E-state index is 11.1. The van der Waals surface area contributed by atoms with Crippen molar-refractivity contribution in [2.45, 2.75) is 57.3 Å². The third-order valence-electron chi connectivity index (χ3n) is 4.79. The zero-order chi connectivity index (χ0) is 15.8. The van der Waals surface area contributed by atoms with E-state index in [0.717, 1.165) is 30.8 Å². The molecule has 2 aromatic rings. The summed E-state index contributed by atoms with van der Waals surface area (Å²) in [7, 11) is 0. The number of aromatic carboxylic acids is 1. The Kier molecular flexibility index (Phi) is 3.60. The third kappa shape index (κ3) is 2.74. The van der Waals surface area contributed by atoms with Crippen LogP contribution in [0.4, 0.5) is 0 Å². The summed E-state index contributed by atoms with van der Waals surface area (Å²) in [6, 6.07) is 2.30. The number of nitrogens with zero attached hydrogens (tertiary/aromatic N) is 5. The van der Waals surface area contributed by atoms with Gasteiger partial charge >= 0.3 is 5.97 Å². The lowest BCUT2D eigenvalue weighted by atomic mass is 9.93. The summed E-state index contributed by atoms with van der Waals surface area (Å²) in [5, 5.41) is 25.1. The van der Waals surface area contributed by atoms with Gasteiger partial charge in [-0.1, -0.05) is 5.21 Å². The van der Waals surface area contributed by atoms with Gasteiger partial charge in [0.05, 0.1) is 23.6 Å². The van der Waals surface area contributed by atoms with Crippen LogP contribution in [0.15, 0.2) is 12.3 Å². The van der Waals surface area contributed by atoms with Crippen molar-refractivity contribution in [3.05, 3.63) is 29.3 Å². The summed E-state index contributed by atoms with van der Waals surface area (Å²) in [6.45, 7) is 1.41. The van der Waals surface area contributed by atoms with Gasteiger partial charge in [-0.25, -0.2) is 9.48 Å². The smallest absolute Gasteiger partial charge is 0.356 e. The predicted octanol–water partition coefficient (Wildman–Crippen LogP) is 1.52. The Hall–Kier alpha value is -2.22. The summed E-state index contributed by atoms with van der Waals surface area (Å²) in [4.78, 5) is 11.1. The van der Waals surface area contributed by atoms with E-state index < -0.39 is 5.97 Å². The standard InChI is InChI=1S/C15H20N6O2/c22-15(23)13-7-14-12(5-2-6-20(14)18-13)16-8-10-9-21(19-17-10)11-3-1-4-11/h7,9,11-12,16H,1-6,8H2,(H,22,23). The molecule has 0 radical (unpaired) electrons. The number of fused-ring (bicyclic) bond motifs is 1. The molecule has 1 aliphatic heterocycles. The highest BCUT2D eigenvalue weighted by atomic mass is 16.4. The minimum atomic E-state index is -0.978. The lowest BCUT2D eigenvalue weighted by Crippen LogP contribution is -2.27. The van der Waals surface area contributed by atoms with Crippen molar-refractivity contribution >= 4 is 5.97 Å². The van der Waals surface area contributed by atoms with Gasteiger partial charge in [0, 0.05) is 19.1 Å². The number of hydrogen-bond acceptors (Lipinski definition) is 5. The molecule has 122 valence electrons. The van der Waals surface area contributed by atoms with E-state index in [9.17, 15) is 4.79 Å². The lowest BCUT2D eigenvalue weighted by molar-refractivity contribution is 0.0689. The van der Waals surface area contributed by atoms with Crippen LogP contribution in [0.25, 0.3) is 0 Å². The normalized spacial score (nSPS) is 21.0. The molecule has 8 nitrogen and oxygen atoms in total. The highest BCUT2D eigenvalue weighted by Crippen LogP contribution is 2.30. The van der Waals surface area contributed by atoms with Crippen molar-refractivity contribution in [1.82, 2.24) is 30.1 Å². The number of aryl methyl sites for hydroxylation is 1. The van der Waals surface area contributed by atoms with Crippen LogP contribution in [-0.4, -0.2) is 35.9 Å². The average Bonchev–Trinajstić information content (AvgIpc) is 3.10. The molecule has 0 aromatic carbocycles. The Balaban J connectivity index is 1.43. The van der Waals surface area contributed by atoms with Crippen LogP contribution in [-0.2, 0) is 13.1 Å². The van der Waals surface area contributed by atoms with Gasteiger partial charge in [-0.15, -0.1) is 5.10 Å². The maximum atomic E-state index is 11.1. The van der Waals surface area contributed by atoms with E-state index >= 15 is 0 Å². The van der Waals surface area contributed by atoms with E-state index in [1.54, 1.807) is 10.7 Å². The summed E-state index contributed by atoms with van der Waals surface area (Å²) in [6.07, 6.45) is 7.63. The first-order valence-electron chi connectivity index (χ1n) is 8.16. The Labute approximate surface area is 133 Å². The monoisotopic (exact) mass is 316 g/mol. The van der Waals surface area contributed by atoms with Gasteiger partial charge in [-0.2, -0.15) is 5.10 Å². The minimum absolute atomic E-state index is 0.109. The van der Waals surface area contributed by atoms with Crippen molar-refractivity contribution in [2.24, 2.45) is 0 Å².